The lowest BCUT2D eigenvalue weighted by Gasteiger charge is -2.06. The van der Waals surface area contributed by atoms with Gasteiger partial charge in [0.05, 0.1) is 27.7 Å². The topological polar surface area (TPSA) is 79.3 Å². The van der Waals surface area contributed by atoms with E-state index in [1.807, 2.05) is 12.3 Å². The van der Waals surface area contributed by atoms with Crippen LogP contribution in [0.4, 0.5) is 5.69 Å². The fourth-order valence-electron chi connectivity index (χ4n) is 1.63. The van der Waals surface area contributed by atoms with Crippen molar-refractivity contribution in [3.63, 3.8) is 0 Å². The zero-order valence-corrected chi connectivity index (χ0v) is 12.1. The number of aromatic nitrogens is 1. The molecule has 1 heterocycles. The van der Waals surface area contributed by atoms with Gasteiger partial charge >= 0.3 is 5.97 Å². The van der Waals surface area contributed by atoms with E-state index in [4.69, 9.17) is 16.7 Å². The SMILES string of the molecule is Cc1nc(CC(=O)Nc2ccc(C(=O)O)c(Cl)c2)cs1. The summed E-state index contributed by atoms with van der Waals surface area (Å²) in [5.41, 5.74) is 1.16. The van der Waals surface area contributed by atoms with E-state index in [9.17, 15) is 9.59 Å². The predicted molar refractivity (Wildman–Crippen MR) is 77.6 cm³/mol. The number of carboxylic acid groups (broad SMARTS) is 1. The van der Waals surface area contributed by atoms with Gasteiger partial charge in [0.25, 0.3) is 0 Å². The van der Waals surface area contributed by atoms with Crippen LogP contribution in [0.15, 0.2) is 23.6 Å². The number of anilines is 1. The summed E-state index contributed by atoms with van der Waals surface area (Å²) >= 11 is 7.31. The lowest BCUT2D eigenvalue weighted by molar-refractivity contribution is -0.115. The molecule has 2 rings (SSSR count). The molecular formula is C13H11ClN2O3S. The maximum absolute atomic E-state index is 11.8. The lowest BCUT2D eigenvalue weighted by atomic mass is 10.2. The predicted octanol–water partition coefficient (Wildman–Crippen LogP) is 2.98. The van der Waals surface area contributed by atoms with Crippen LogP contribution in [0.3, 0.4) is 0 Å². The van der Waals surface area contributed by atoms with E-state index >= 15 is 0 Å². The second-order valence-corrected chi connectivity index (χ2v) is 5.55. The van der Waals surface area contributed by atoms with Crippen LogP contribution in [0.1, 0.15) is 21.1 Å². The quantitative estimate of drug-likeness (QED) is 0.910. The second-order valence-electron chi connectivity index (χ2n) is 4.08. The third kappa shape index (κ3) is 3.55. The van der Waals surface area contributed by atoms with Gasteiger partial charge in [0.2, 0.25) is 5.91 Å². The van der Waals surface area contributed by atoms with Gasteiger partial charge in [-0.1, -0.05) is 11.6 Å². The maximum atomic E-state index is 11.8. The molecule has 0 unspecified atom stereocenters. The Morgan fingerprint density at radius 2 is 2.20 bits per heavy atom. The van der Waals surface area contributed by atoms with Gasteiger partial charge in [-0.3, -0.25) is 4.79 Å². The minimum atomic E-state index is -1.11. The molecule has 5 nitrogen and oxygen atoms in total. The van der Waals surface area contributed by atoms with Crippen molar-refractivity contribution < 1.29 is 14.7 Å². The molecule has 0 aliphatic carbocycles. The van der Waals surface area contributed by atoms with Crippen LogP contribution < -0.4 is 5.32 Å². The van der Waals surface area contributed by atoms with Crippen molar-refractivity contribution in [3.8, 4) is 0 Å². The molecule has 0 fully saturated rings. The molecule has 0 bridgehead atoms. The number of aromatic carboxylic acids is 1. The van der Waals surface area contributed by atoms with E-state index in [-0.39, 0.29) is 22.9 Å². The van der Waals surface area contributed by atoms with Gasteiger partial charge in [-0.2, -0.15) is 0 Å². The normalized spacial score (nSPS) is 10.3. The van der Waals surface area contributed by atoms with Gasteiger partial charge in [-0.05, 0) is 25.1 Å². The summed E-state index contributed by atoms with van der Waals surface area (Å²) in [7, 11) is 0. The molecule has 1 aromatic heterocycles. The highest BCUT2D eigenvalue weighted by Gasteiger charge is 2.11. The first-order chi connectivity index (χ1) is 9.45. The third-order valence-corrected chi connectivity index (χ3v) is 3.63. The molecule has 0 atom stereocenters. The Kier molecular flexibility index (Phi) is 4.36. The molecule has 0 aliphatic rings. The lowest BCUT2D eigenvalue weighted by Crippen LogP contribution is -2.14. The second kappa shape index (κ2) is 6.02. The summed E-state index contributed by atoms with van der Waals surface area (Å²) in [4.78, 5) is 26.8. The number of aryl methyl sites for hydroxylation is 1. The number of rotatable bonds is 4. The Morgan fingerprint density at radius 1 is 1.45 bits per heavy atom. The molecule has 1 aromatic carbocycles. The number of benzene rings is 1. The molecule has 7 heteroatoms. The van der Waals surface area contributed by atoms with Crippen LogP contribution in [0.5, 0.6) is 0 Å². The van der Waals surface area contributed by atoms with E-state index in [1.165, 1.54) is 29.5 Å². The van der Waals surface area contributed by atoms with Crippen LogP contribution in [0.2, 0.25) is 5.02 Å². The molecule has 1 amide bonds. The number of hydrogen-bond acceptors (Lipinski definition) is 4. The molecule has 0 saturated heterocycles. The van der Waals surface area contributed by atoms with Gasteiger partial charge in [0, 0.05) is 11.1 Å². The van der Waals surface area contributed by atoms with Crippen molar-refractivity contribution in [2.24, 2.45) is 0 Å². The number of nitrogens with one attached hydrogen (secondary N) is 1. The maximum Gasteiger partial charge on any atom is 0.337 e. The number of carbonyl (C=O) groups is 2. The molecule has 104 valence electrons. The molecule has 0 saturated carbocycles. The number of nitrogens with zero attached hydrogens (tertiary/aromatic N) is 1. The number of halogens is 1. The summed E-state index contributed by atoms with van der Waals surface area (Å²) in [5, 5.41) is 14.3. The Balaban J connectivity index is 2.04. The number of amides is 1. The Bertz CT molecular complexity index is 669. The van der Waals surface area contributed by atoms with Gasteiger partial charge < -0.3 is 10.4 Å². The van der Waals surface area contributed by atoms with Gasteiger partial charge in [-0.15, -0.1) is 11.3 Å². The Morgan fingerprint density at radius 3 is 2.75 bits per heavy atom. The highest BCUT2D eigenvalue weighted by Crippen LogP contribution is 2.21. The first-order valence-corrected chi connectivity index (χ1v) is 6.95. The Hall–Kier alpha value is -1.92. The van der Waals surface area contributed by atoms with E-state index in [1.54, 1.807) is 0 Å². The highest BCUT2D eigenvalue weighted by atomic mass is 35.5. The highest BCUT2D eigenvalue weighted by molar-refractivity contribution is 7.09. The van der Waals surface area contributed by atoms with E-state index < -0.39 is 5.97 Å². The molecule has 2 N–H and O–H groups in total. The summed E-state index contributed by atoms with van der Waals surface area (Å²) in [6, 6.07) is 4.27. The van der Waals surface area contributed by atoms with Crippen LogP contribution in [-0.4, -0.2) is 22.0 Å². The minimum absolute atomic E-state index is 0.000193. The smallest absolute Gasteiger partial charge is 0.337 e. The van der Waals surface area contributed by atoms with Crippen molar-refractivity contribution in [1.82, 2.24) is 4.98 Å². The van der Waals surface area contributed by atoms with E-state index in [0.717, 1.165) is 5.01 Å². The molecule has 20 heavy (non-hydrogen) atoms. The third-order valence-electron chi connectivity index (χ3n) is 2.49. The van der Waals surface area contributed by atoms with Crippen molar-refractivity contribution in [1.29, 1.82) is 0 Å². The number of hydrogen-bond donors (Lipinski definition) is 2. The first-order valence-electron chi connectivity index (χ1n) is 5.69. The molecule has 0 spiro atoms. The zero-order chi connectivity index (χ0) is 14.7. The van der Waals surface area contributed by atoms with Gasteiger partial charge in [0.15, 0.2) is 0 Å². The van der Waals surface area contributed by atoms with Crippen molar-refractivity contribution in [3.05, 3.63) is 44.9 Å². The van der Waals surface area contributed by atoms with Crippen LogP contribution in [0.25, 0.3) is 0 Å². The largest absolute Gasteiger partial charge is 0.478 e. The summed E-state index contributed by atoms with van der Waals surface area (Å²) in [6.45, 7) is 1.87. The summed E-state index contributed by atoms with van der Waals surface area (Å²) in [6.07, 6.45) is 0.169. The monoisotopic (exact) mass is 310 g/mol. The van der Waals surface area contributed by atoms with Gasteiger partial charge in [0.1, 0.15) is 0 Å². The fraction of sp³-hybridized carbons (Fsp3) is 0.154. The molecular weight excluding hydrogens is 300 g/mol. The Labute approximate surface area is 124 Å². The van der Waals surface area contributed by atoms with Crippen molar-refractivity contribution >= 4 is 40.5 Å². The van der Waals surface area contributed by atoms with E-state index in [2.05, 4.69) is 10.3 Å². The number of thiazole rings is 1. The average Bonchev–Trinajstić information content (AvgIpc) is 2.74. The number of carbonyl (C=O) groups excluding carboxylic acids is 1. The van der Waals surface area contributed by atoms with Crippen molar-refractivity contribution in [2.75, 3.05) is 5.32 Å². The standard InChI is InChI=1S/C13H11ClN2O3S/c1-7-15-9(6-20-7)5-12(17)16-8-2-3-10(13(18)19)11(14)4-8/h2-4,6H,5H2,1H3,(H,16,17)(H,18,19). The van der Waals surface area contributed by atoms with Crippen LogP contribution in [-0.2, 0) is 11.2 Å². The summed E-state index contributed by atoms with van der Waals surface area (Å²) < 4.78 is 0. The minimum Gasteiger partial charge on any atom is -0.478 e. The first kappa shape index (κ1) is 14.5. The average molecular weight is 311 g/mol. The van der Waals surface area contributed by atoms with Crippen LogP contribution >= 0.6 is 22.9 Å². The van der Waals surface area contributed by atoms with Crippen LogP contribution in [0, 0.1) is 6.92 Å². The molecule has 0 aliphatic heterocycles. The molecule has 2 aromatic rings. The van der Waals surface area contributed by atoms with Gasteiger partial charge in [-0.25, -0.2) is 9.78 Å². The number of carboxylic acids is 1. The summed E-state index contributed by atoms with van der Waals surface area (Å²) in [5.74, 6) is -1.33. The van der Waals surface area contributed by atoms with E-state index in [0.29, 0.717) is 11.4 Å². The fourth-order valence-corrected chi connectivity index (χ4v) is 2.50. The van der Waals surface area contributed by atoms with Crippen molar-refractivity contribution in [2.45, 2.75) is 13.3 Å². The zero-order valence-electron chi connectivity index (χ0n) is 10.5. The molecule has 0 radical (unpaired) electrons.